The minimum Gasteiger partial charge on any atom is -0.480 e. The molecule has 1 aromatic carbocycles. The van der Waals surface area contributed by atoms with E-state index in [1.54, 1.807) is 0 Å². The minimum absolute atomic E-state index is 0. The summed E-state index contributed by atoms with van der Waals surface area (Å²) in [5, 5.41) is 8.52. The molecule has 1 atom stereocenters. The Morgan fingerprint density at radius 1 is 1.38 bits per heavy atom. The molecule has 0 bridgehead atoms. The number of hydrogen-bond donors (Lipinski definition) is 2. The fourth-order valence-corrected chi connectivity index (χ4v) is 0.955. The van der Waals surface area contributed by atoms with E-state index in [-0.39, 0.29) is 17.1 Å². The number of aliphatic carboxylic acids is 1. The number of carbonyl (C=O) groups is 1. The van der Waals surface area contributed by atoms with E-state index in [1.807, 2.05) is 30.3 Å². The zero-order valence-corrected chi connectivity index (χ0v) is 8.06. The Morgan fingerprint density at radius 3 is 2.38 bits per heavy atom. The molecule has 1 unspecified atom stereocenters. The van der Waals surface area contributed by atoms with Gasteiger partial charge < -0.3 is 10.8 Å². The molecule has 0 aliphatic carbocycles. The molecule has 1 rings (SSSR count). The molecule has 0 aliphatic rings. The molecule has 0 radical (unpaired) electrons. The Hall–Kier alpha value is -0.831. The van der Waals surface area contributed by atoms with Crippen molar-refractivity contribution in [2.24, 2.45) is 5.73 Å². The van der Waals surface area contributed by atoms with Gasteiger partial charge in [-0.05, 0) is 12.0 Å². The number of rotatable bonds is 3. The van der Waals surface area contributed by atoms with Crippen LogP contribution in [0.3, 0.4) is 0 Å². The Morgan fingerprint density at radius 2 is 1.92 bits per heavy atom. The molecule has 0 amide bonds. The second-order valence-electron chi connectivity index (χ2n) is 2.63. The predicted octanol–water partition coefficient (Wildman–Crippen LogP) is 0.639. The third-order valence-corrected chi connectivity index (χ3v) is 1.62. The number of carboxylic acid groups (broad SMARTS) is 1. The molecule has 0 heterocycles. The molecule has 0 saturated heterocycles. The van der Waals surface area contributed by atoms with Crippen molar-refractivity contribution in [3.8, 4) is 0 Å². The van der Waals surface area contributed by atoms with Crippen LogP contribution in [0, 0.1) is 0 Å². The van der Waals surface area contributed by atoms with Crippen LogP contribution >= 0.6 is 0 Å². The van der Waals surface area contributed by atoms with E-state index in [9.17, 15) is 4.79 Å². The summed E-state index contributed by atoms with van der Waals surface area (Å²) in [5.41, 5.74) is 6.30. The van der Waals surface area contributed by atoms with Crippen LogP contribution in [-0.4, -0.2) is 17.1 Å². The van der Waals surface area contributed by atoms with Crippen LogP contribution in [0.4, 0.5) is 0 Å². The molecule has 1 aromatic rings. The van der Waals surface area contributed by atoms with E-state index in [0.717, 1.165) is 5.56 Å². The van der Waals surface area contributed by atoms with Crippen molar-refractivity contribution in [2.75, 3.05) is 0 Å². The van der Waals surface area contributed by atoms with E-state index >= 15 is 0 Å². The molecule has 72 valence electrons. The number of benzene rings is 1. The standard InChI is InChI=1S/C9H11NO2.Fe/c10-8(9(11)12)6-7-4-2-1-3-5-7;/h1-5,8H,6,10H2,(H,11,12);. The second-order valence-corrected chi connectivity index (χ2v) is 2.63. The molecule has 0 aliphatic heterocycles. The van der Waals surface area contributed by atoms with Gasteiger partial charge in [-0.15, -0.1) is 0 Å². The van der Waals surface area contributed by atoms with Crippen LogP contribution in [0.5, 0.6) is 0 Å². The quantitative estimate of drug-likeness (QED) is 0.736. The summed E-state index contributed by atoms with van der Waals surface area (Å²) in [7, 11) is 0. The van der Waals surface area contributed by atoms with E-state index in [0.29, 0.717) is 6.42 Å². The van der Waals surface area contributed by atoms with Crippen LogP contribution in [0.25, 0.3) is 0 Å². The van der Waals surface area contributed by atoms with Gasteiger partial charge in [-0.2, -0.15) is 0 Å². The summed E-state index contributed by atoms with van der Waals surface area (Å²) in [4.78, 5) is 10.4. The number of hydrogen-bond acceptors (Lipinski definition) is 2. The number of carboxylic acids is 1. The fraction of sp³-hybridized carbons (Fsp3) is 0.222. The molecule has 0 aromatic heterocycles. The normalized spacial score (nSPS) is 11.5. The summed E-state index contributed by atoms with van der Waals surface area (Å²) in [6, 6.07) is 8.54. The largest absolute Gasteiger partial charge is 0.480 e. The van der Waals surface area contributed by atoms with Gasteiger partial charge in [0.05, 0.1) is 0 Å². The second kappa shape index (κ2) is 5.75. The Labute approximate surface area is 87.4 Å². The molecule has 4 heteroatoms. The summed E-state index contributed by atoms with van der Waals surface area (Å²) in [6.07, 6.45) is 0.385. The van der Waals surface area contributed by atoms with Crippen molar-refractivity contribution in [3.05, 3.63) is 35.9 Å². The Kier molecular flexibility index (Phi) is 5.39. The molecule has 3 nitrogen and oxygen atoms in total. The van der Waals surface area contributed by atoms with Gasteiger partial charge in [0.2, 0.25) is 0 Å². The molecule has 0 saturated carbocycles. The first kappa shape index (κ1) is 12.2. The Balaban J connectivity index is 0.00000144. The van der Waals surface area contributed by atoms with E-state index in [4.69, 9.17) is 10.8 Å². The van der Waals surface area contributed by atoms with E-state index in [2.05, 4.69) is 0 Å². The van der Waals surface area contributed by atoms with Crippen molar-refractivity contribution >= 4 is 5.97 Å². The fourth-order valence-electron chi connectivity index (χ4n) is 0.955. The maximum atomic E-state index is 10.4. The predicted molar refractivity (Wildman–Crippen MR) is 45.8 cm³/mol. The maximum absolute atomic E-state index is 10.4. The van der Waals surface area contributed by atoms with Crippen molar-refractivity contribution in [3.63, 3.8) is 0 Å². The Bertz CT molecular complexity index is 264. The molecular formula is C9H11FeNO2. The summed E-state index contributed by atoms with van der Waals surface area (Å²) < 4.78 is 0. The first-order chi connectivity index (χ1) is 5.70. The third kappa shape index (κ3) is 4.08. The van der Waals surface area contributed by atoms with Crippen LogP contribution in [0.2, 0.25) is 0 Å². The van der Waals surface area contributed by atoms with Crippen molar-refractivity contribution in [1.29, 1.82) is 0 Å². The van der Waals surface area contributed by atoms with Gasteiger partial charge in [-0.3, -0.25) is 4.79 Å². The van der Waals surface area contributed by atoms with Crippen molar-refractivity contribution in [2.45, 2.75) is 12.5 Å². The smallest absolute Gasteiger partial charge is 0.320 e. The molecule has 0 spiro atoms. The van der Waals surface area contributed by atoms with Gasteiger partial charge in [0.25, 0.3) is 0 Å². The first-order valence-corrected chi connectivity index (χ1v) is 3.72. The van der Waals surface area contributed by atoms with Crippen LogP contribution in [-0.2, 0) is 28.3 Å². The van der Waals surface area contributed by atoms with Crippen LogP contribution < -0.4 is 5.73 Å². The summed E-state index contributed by atoms with van der Waals surface area (Å²) in [6.45, 7) is 0. The third-order valence-electron chi connectivity index (χ3n) is 1.62. The zero-order chi connectivity index (χ0) is 8.97. The molecule has 13 heavy (non-hydrogen) atoms. The van der Waals surface area contributed by atoms with Crippen molar-refractivity contribution < 1.29 is 27.0 Å². The zero-order valence-electron chi connectivity index (χ0n) is 6.96. The topological polar surface area (TPSA) is 63.3 Å². The van der Waals surface area contributed by atoms with Crippen LogP contribution in [0.15, 0.2) is 30.3 Å². The first-order valence-electron chi connectivity index (χ1n) is 3.72. The van der Waals surface area contributed by atoms with Crippen LogP contribution in [0.1, 0.15) is 5.56 Å². The maximum Gasteiger partial charge on any atom is 0.320 e. The van der Waals surface area contributed by atoms with E-state index in [1.165, 1.54) is 0 Å². The van der Waals surface area contributed by atoms with Gasteiger partial charge in [-0.25, -0.2) is 0 Å². The van der Waals surface area contributed by atoms with E-state index < -0.39 is 12.0 Å². The van der Waals surface area contributed by atoms with Gasteiger partial charge in [0.15, 0.2) is 0 Å². The average Bonchev–Trinajstić information content (AvgIpc) is 2.06. The van der Waals surface area contributed by atoms with Gasteiger partial charge in [0.1, 0.15) is 6.04 Å². The monoisotopic (exact) mass is 221 g/mol. The molecule has 0 fully saturated rings. The minimum atomic E-state index is -0.959. The van der Waals surface area contributed by atoms with Gasteiger partial charge in [0, 0.05) is 17.1 Å². The van der Waals surface area contributed by atoms with Gasteiger partial charge in [-0.1, -0.05) is 30.3 Å². The summed E-state index contributed by atoms with van der Waals surface area (Å²) in [5.74, 6) is -0.959. The molecule has 3 N–H and O–H groups in total. The average molecular weight is 221 g/mol. The van der Waals surface area contributed by atoms with Gasteiger partial charge >= 0.3 is 5.97 Å². The summed E-state index contributed by atoms with van der Waals surface area (Å²) >= 11 is 0. The molecular weight excluding hydrogens is 210 g/mol. The van der Waals surface area contributed by atoms with Crippen molar-refractivity contribution in [1.82, 2.24) is 0 Å². The number of nitrogens with two attached hydrogens (primary N) is 1. The SMILES string of the molecule is NC(Cc1ccccc1)C(=O)O.[Fe].